The van der Waals surface area contributed by atoms with Crippen molar-refractivity contribution < 1.29 is 17.9 Å². The molecule has 0 aromatic heterocycles. The molecule has 30 heavy (non-hydrogen) atoms. The van der Waals surface area contributed by atoms with Gasteiger partial charge in [-0.2, -0.15) is 0 Å². The third kappa shape index (κ3) is 9.21. The number of para-hydroxylation sites is 2. The predicted octanol–water partition coefficient (Wildman–Crippen LogP) is 3.59. The highest BCUT2D eigenvalue weighted by atomic mass is 127. The summed E-state index contributed by atoms with van der Waals surface area (Å²) < 4.78 is 33.8. The van der Waals surface area contributed by atoms with Crippen molar-refractivity contribution in [3.05, 3.63) is 54.1 Å². The number of halogens is 1. The van der Waals surface area contributed by atoms with Gasteiger partial charge in [0.2, 0.25) is 0 Å². The predicted molar refractivity (Wildman–Crippen MR) is 132 cm³/mol. The van der Waals surface area contributed by atoms with E-state index in [1.807, 2.05) is 55.5 Å². The Morgan fingerprint density at radius 1 is 1.10 bits per heavy atom. The molecule has 166 valence electrons. The molecule has 0 aliphatic heterocycles. The van der Waals surface area contributed by atoms with E-state index in [1.54, 1.807) is 14.2 Å². The van der Waals surface area contributed by atoms with Crippen molar-refractivity contribution in [1.82, 2.24) is 10.6 Å². The highest BCUT2D eigenvalue weighted by Crippen LogP contribution is 2.30. The van der Waals surface area contributed by atoms with Gasteiger partial charge in [-0.15, -0.1) is 24.0 Å². The fraction of sp³-hybridized carbons (Fsp3) is 0.381. The summed E-state index contributed by atoms with van der Waals surface area (Å²) >= 11 is 0. The van der Waals surface area contributed by atoms with Gasteiger partial charge in [0.25, 0.3) is 0 Å². The van der Waals surface area contributed by atoms with Crippen molar-refractivity contribution in [1.29, 1.82) is 0 Å². The molecule has 0 aliphatic rings. The van der Waals surface area contributed by atoms with Gasteiger partial charge in [-0.3, -0.25) is 4.99 Å². The lowest BCUT2D eigenvalue weighted by molar-refractivity contribution is 0.379. The van der Waals surface area contributed by atoms with Gasteiger partial charge in [-0.1, -0.05) is 24.3 Å². The summed E-state index contributed by atoms with van der Waals surface area (Å²) in [5.74, 6) is 2.83. The van der Waals surface area contributed by atoms with E-state index < -0.39 is 9.84 Å². The van der Waals surface area contributed by atoms with Crippen LogP contribution in [0, 0.1) is 0 Å². The minimum absolute atomic E-state index is 0. The molecule has 2 rings (SSSR count). The van der Waals surface area contributed by atoms with E-state index in [0.717, 1.165) is 11.3 Å². The average molecular weight is 547 g/mol. The Hall–Kier alpha value is -2.01. The molecular formula is C21H30IN3O4S. The average Bonchev–Trinajstić information content (AvgIpc) is 2.70. The van der Waals surface area contributed by atoms with Crippen molar-refractivity contribution in [2.24, 2.45) is 4.99 Å². The third-order valence-electron chi connectivity index (χ3n) is 4.21. The van der Waals surface area contributed by atoms with Crippen LogP contribution in [0.3, 0.4) is 0 Å². The molecule has 0 bridgehead atoms. The Balaban J connectivity index is 0.00000450. The minimum atomic E-state index is -2.97. The number of benzene rings is 2. The Kier molecular flexibility index (Phi) is 11.0. The van der Waals surface area contributed by atoms with Gasteiger partial charge in [0.15, 0.2) is 17.5 Å². The Labute approximate surface area is 196 Å². The van der Waals surface area contributed by atoms with Gasteiger partial charge < -0.3 is 20.1 Å². The number of ether oxygens (including phenoxy) is 2. The molecule has 1 atom stereocenters. The summed E-state index contributed by atoms with van der Waals surface area (Å²) in [5.41, 5.74) is 1.06. The molecule has 7 nitrogen and oxygen atoms in total. The van der Waals surface area contributed by atoms with Gasteiger partial charge >= 0.3 is 0 Å². The normalized spacial score (nSPS) is 12.5. The zero-order chi connectivity index (χ0) is 21.3. The van der Waals surface area contributed by atoms with E-state index in [2.05, 4.69) is 15.6 Å². The topological polar surface area (TPSA) is 89.0 Å². The fourth-order valence-electron chi connectivity index (χ4n) is 2.58. The SMILES string of the molecule is CN=C(NCc1ccc(Oc2ccccc2OC)cc1)NC(C)CCS(C)(=O)=O.I. The first-order chi connectivity index (χ1) is 13.8. The van der Waals surface area contributed by atoms with Crippen LogP contribution < -0.4 is 20.1 Å². The molecule has 0 aliphatic carbocycles. The molecule has 9 heteroatoms. The van der Waals surface area contributed by atoms with Crippen LogP contribution in [0.25, 0.3) is 0 Å². The first-order valence-corrected chi connectivity index (χ1v) is 11.4. The van der Waals surface area contributed by atoms with Crippen LogP contribution in [0.15, 0.2) is 53.5 Å². The van der Waals surface area contributed by atoms with Gasteiger partial charge in [0, 0.05) is 25.9 Å². The van der Waals surface area contributed by atoms with Crippen molar-refractivity contribution in [2.75, 3.05) is 26.2 Å². The summed E-state index contributed by atoms with van der Waals surface area (Å²) in [5, 5.41) is 6.43. The number of hydrogen-bond donors (Lipinski definition) is 2. The number of nitrogens with one attached hydrogen (secondary N) is 2. The zero-order valence-electron chi connectivity index (χ0n) is 17.7. The summed E-state index contributed by atoms with van der Waals surface area (Å²) in [6, 6.07) is 15.2. The molecule has 0 amide bonds. The maximum atomic E-state index is 11.3. The van der Waals surface area contributed by atoms with Crippen LogP contribution in [-0.2, 0) is 16.4 Å². The van der Waals surface area contributed by atoms with Crippen molar-refractivity contribution >= 4 is 39.8 Å². The number of nitrogens with zero attached hydrogens (tertiary/aromatic N) is 1. The molecule has 0 saturated carbocycles. The molecule has 0 saturated heterocycles. The number of methoxy groups -OCH3 is 1. The van der Waals surface area contributed by atoms with E-state index >= 15 is 0 Å². The van der Waals surface area contributed by atoms with E-state index in [9.17, 15) is 8.42 Å². The van der Waals surface area contributed by atoms with Crippen LogP contribution in [0.4, 0.5) is 0 Å². The largest absolute Gasteiger partial charge is 0.493 e. The number of aliphatic imine (C=N–C) groups is 1. The summed E-state index contributed by atoms with van der Waals surface area (Å²) in [7, 11) is 0.326. The van der Waals surface area contributed by atoms with Crippen molar-refractivity contribution in [3.63, 3.8) is 0 Å². The van der Waals surface area contributed by atoms with Crippen molar-refractivity contribution in [2.45, 2.75) is 25.9 Å². The quantitative estimate of drug-likeness (QED) is 0.284. The monoisotopic (exact) mass is 547 g/mol. The molecule has 2 aromatic carbocycles. The fourth-order valence-corrected chi connectivity index (χ4v) is 3.36. The van der Waals surface area contributed by atoms with Gasteiger partial charge in [-0.05, 0) is 43.2 Å². The van der Waals surface area contributed by atoms with E-state index in [4.69, 9.17) is 9.47 Å². The van der Waals surface area contributed by atoms with Crippen LogP contribution in [0.1, 0.15) is 18.9 Å². The molecule has 0 radical (unpaired) electrons. The van der Waals surface area contributed by atoms with Crippen LogP contribution >= 0.6 is 24.0 Å². The lowest BCUT2D eigenvalue weighted by Gasteiger charge is -2.17. The number of rotatable bonds is 9. The molecule has 0 spiro atoms. The second-order valence-corrected chi connectivity index (χ2v) is 9.05. The Bertz CT molecular complexity index is 918. The van der Waals surface area contributed by atoms with Crippen LogP contribution in [0.5, 0.6) is 17.2 Å². The third-order valence-corrected chi connectivity index (χ3v) is 5.19. The second-order valence-electron chi connectivity index (χ2n) is 6.79. The maximum absolute atomic E-state index is 11.3. The van der Waals surface area contributed by atoms with Gasteiger partial charge in [0.1, 0.15) is 15.6 Å². The summed E-state index contributed by atoms with van der Waals surface area (Å²) in [6.07, 6.45) is 1.77. The molecular weight excluding hydrogens is 517 g/mol. The minimum Gasteiger partial charge on any atom is -0.493 e. The second kappa shape index (κ2) is 12.6. The molecule has 0 heterocycles. The zero-order valence-corrected chi connectivity index (χ0v) is 20.9. The first-order valence-electron chi connectivity index (χ1n) is 9.35. The summed E-state index contributed by atoms with van der Waals surface area (Å²) in [4.78, 5) is 4.19. The number of sulfone groups is 1. The smallest absolute Gasteiger partial charge is 0.191 e. The number of hydrogen-bond acceptors (Lipinski definition) is 5. The standard InChI is InChI=1S/C21H29N3O4S.HI/c1-16(13-14-29(4,25)26)24-21(22-2)23-15-17-9-11-18(12-10-17)28-20-8-6-5-7-19(20)27-3;/h5-12,16H,13-15H2,1-4H3,(H2,22,23,24);1H. The summed E-state index contributed by atoms with van der Waals surface area (Å²) in [6.45, 7) is 2.51. The maximum Gasteiger partial charge on any atom is 0.191 e. The van der Waals surface area contributed by atoms with E-state index in [-0.39, 0.29) is 35.8 Å². The van der Waals surface area contributed by atoms with Crippen LogP contribution in [-0.4, -0.2) is 46.6 Å². The number of guanidine groups is 1. The first kappa shape index (κ1) is 26.0. The Morgan fingerprint density at radius 3 is 2.30 bits per heavy atom. The van der Waals surface area contributed by atoms with Crippen molar-refractivity contribution in [3.8, 4) is 17.2 Å². The highest BCUT2D eigenvalue weighted by molar-refractivity contribution is 14.0. The van der Waals surface area contributed by atoms with E-state index in [0.29, 0.717) is 30.4 Å². The van der Waals surface area contributed by atoms with E-state index in [1.165, 1.54) is 6.26 Å². The lowest BCUT2D eigenvalue weighted by atomic mass is 10.2. The van der Waals surface area contributed by atoms with Crippen LogP contribution in [0.2, 0.25) is 0 Å². The van der Waals surface area contributed by atoms with Gasteiger partial charge in [0.05, 0.1) is 12.9 Å². The lowest BCUT2D eigenvalue weighted by Crippen LogP contribution is -2.42. The molecule has 0 fully saturated rings. The molecule has 2 N–H and O–H groups in total. The highest BCUT2D eigenvalue weighted by Gasteiger charge is 2.10. The Morgan fingerprint density at radius 2 is 1.73 bits per heavy atom. The molecule has 1 unspecified atom stereocenters. The molecule has 2 aromatic rings. The van der Waals surface area contributed by atoms with Gasteiger partial charge in [-0.25, -0.2) is 8.42 Å².